The zero-order valence-electron chi connectivity index (χ0n) is 30.7. The van der Waals surface area contributed by atoms with Crippen molar-refractivity contribution >= 4 is 57.5 Å². The fraction of sp³-hybridized carbons (Fsp3) is 0.318. The highest BCUT2D eigenvalue weighted by Crippen LogP contribution is 2.62. The molecule has 2 saturated carbocycles. The topological polar surface area (TPSA) is 132 Å². The van der Waals surface area contributed by atoms with Gasteiger partial charge in [-0.2, -0.15) is 21.0 Å². The van der Waals surface area contributed by atoms with Gasteiger partial charge in [-0.25, -0.2) is 0 Å². The first-order valence-corrected chi connectivity index (χ1v) is 21.9. The average Bonchev–Trinajstić information content (AvgIpc) is 4.04. The Balaban J connectivity index is 1.20. The van der Waals surface area contributed by atoms with Gasteiger partial charge < -0.3 is 18.9 Å². The van der Waals surface area contributed by atoms with Gasteiger partial charge in [0.15, 0.2) is 0 Å². The summed E-state index contributed by atoms with van der Waals surface area (Å²) in [5.74, 6) is 3.16. The van der Waals surface area contributed by atoms with Crippen LogP contribution < -0.4 is 18.9 Å². The van der Waals surface area contributed by atoms with Crippen molar-refractivity contribution in [3.8, 4) is 87.7 Å². The van der Waals surface area contributed by atoms with Gasteiger partial charge >= 0.3 is 0 Å². The van der Waals surface area contributed by atoms with E-state index in [1.807, 2.05) is 36.4 Å². The third-order valence-corrected chi connectivity index (χ3v) is 16.1. The summed E-state index contributed by atoms with van der Waals surface area (Å²) in [7, 11) is 3.31. The van der Waals surface area contributed by atoms with Crippen molar-refractivity contribution in [1.29, 1.82) is 21.0 Å². The molecule has 0 saturated heterocycles. The van der Waals surface area contributed by atoms with Crippen LogP contribution in [0.2, 0.25) is 0 Å². The van der Waals surface area contributed by atoms with E-state index in [0.717, 1.165) is 103 Å². The van der Waals surface area contributed by atoms with Crippen molar-refractivity contribution in [2.75, 3.05) is 14.2 Å². The summed E-state index contributed by atoms with van der Waals surface area (Å²) in [4.78, 5) is 8.01. The van der Waals surface area contributed by atoms with Gasteiger partial charge in [-0.1, -0.05) is 12.8 Å². The van der Waals surface area contributed by atoms with Crippen LogP contribution in [0.3, 0.4) is 0 Å². The number of nitriles is 4. The summed E-state index contributed by atoms with van der Waals surface area (Å²) in [6.45, 7) is 0. The summed E-state index contributed by atoms with van der Waals surface area (Å²) in [5, 5.41) is 37.6. The van der Waals surface area contributed by atoms with Gasteiger partial charge in [0.25, 0.3) is 0 Å². The van der Waals surface area contributed by atoms with Gasteiger partial charge in [0.2, 0.25) is 0 Å². The lowest BCUT2D eigenvalue weighted by molar-refractivity contribution is 0.0203. The number of ether oxygens (including phenoxy) is 4. The van der Waals surface area contributed by atoms with E-state index in [-0.39, 0.29) is 11.1 Å². The number of nitrogens with zero attached hydrogens (tertiary/aromatic N) is 4. The van der Waals surface area contributed by atoms with E-state index in [1.54, 1.807) is 49.0 Å². The second-order valence-electron chi connectivity index (χ2n) is 14.5. The number of thiophene rings is 4. The zero-order chi connectivity index (χ0) is 38.6. The van der Waals surface area contributed by atoms with Crippen LogP contribution in [0.25, 0.3) is 52.5 Å². The number of fused-ring (bicyclic) bond motifs is 8. The van der Waals surface area contributed by atoms with Crippen molar-refractivity contribution in [2.45, 2.75) is 75.4 Å². The van der Waals surface area contributed by atoms with Crippen molar-refractivity contribution in [3.05, 3.63) is 68.4 Å². The second-order valence-corrected chi connectivity index (χ2v) is 18.8. The molecule has 9 rings (SSSR count). The molecule has 0 radical (unpaired) electrons. The van der Waals surface area contributed by atoms with Crippen LogP contribution in [0.15, 0.2) is 47.5 Å². The molecule has 6 heterocycles. The molecule has 278 valence electrons. The third-order valence-electron chi connectivity index (χ3n) is 11.3. The number of hydrogen-bond acceptors (Lipinski definition) is 12. The van der Waals surface area contributed by atoms with Crippen molar-refractivity contribution in [3.63, 3.8) is 0 Å². The summed E-state index contributed by atoms with van der Waals surface area (Å²) in [5.41, 5.74) is 3.69. The van der Waals surface area contributed by atoms with E-state index in [1.165, 1.54) is 56.4 Å². The molecule has 2 spiro atoms. The molecule has 5 aromatic rings. The first-order chi connectivity index (χ1) is 27.3. The van der Waals surface area contributed by atoms with Gasteiger partial charge in [-0.3, -0.25) is 0 Å². The highest BCUT2D eigenvalue weighted by atomic mass is 32.1. The van der Waals surface area contributed by atoms with Crippen LogP contribution in [-0.4, -0.2) is 14.2 Å². The first kappa shape index (κ1) is 36.3. The van der Waals surface area contributed by atoms with Crippen LogP contribution in [0.5, 0.6) is 23.0 Å². The number of rotatable bonds is 6. The molecule has 0 N–H and O–H groups in total. The summed E-state index contributed by atoms with van der Waals surface area (Å²) < 4.78 is 26.2. The maximum atomic E-state index is 9.41. The van der Waals surface area contributed by atoms with Gasteiger partial charge in [-0.05, 0) is 99.9 Å². The molecule has 4 aromatic heterocycles. The molecule has 2 aliphatic heterocycles. The maximum absolute atomic E-state index is 9.41. The van der Waals surface area contributed by atoms with Crippen LogP contribution in [-0.2, 0) is 11.2 Å². The predicted octanol–water partition coefficient (Wildman–Crippen LogP) is 12.6. The Hall–Kier alpha value is -5.34. The monoisotopic (exact) mass is 810 g/mol. The minimum absolute atomic E-state index is 0.0529. The maximum Gasteiger partial charge on any atom is 0.138 e. The van der Waals surface area contributed by atoms with Crippen LogP contribution in [0.4, 0.5) is 0 Å². The molecule has 0 atom stereocenters. The molecule has 4 aliphatic rings. The zero-order valence-corrected chi connectivity index (χ0v) is 34.0. The van der Waals surface area contributed by atoms with Crippen molar-refractivity contribution < 1.29 is 18.9 Å². The van der Waals surface area contributed by atoms with Gasteiger partial charge in [0, 0.05) is 51.5 Å². The van der Waals surface area contributed by atoms with Gasteiger partial charge in [-0.15, -0.1) is 45.3 Å². The van der Waals surface area contributed by atoms with Crippen LogP contribution in [0.1, 0.15) is 85.1 Å². The minimum atomic E-state index is -0.449. The number of allylic oxidation sites excluding steroid dienone is 2. The SMILES string of the molecule is COc1cc(C=C(C#N)C#N)sc1-c1cc2c(s1)-c1cc3c(cc1OC21CCCCC1)-c1sc(-c2sc(C=C(C#N)C#N)cc2OC)cc1C1(CCCCC1)O3. The lowest BCUT2D eigenvalue weighted by Crippen LogP contribution is -2.38. The molecule has 2 fully saturated rings. The number of methoxy groups -OCH3 is 2. The molecule has 8 nitrogen and oxygen atoms in total. The van der Waals surface area contributed by atoms with Crippen molar-refractivity contribution in [1.82, 2.24) is 0 Å². The molecular formula is C44H34N4O4S4. The number of hydrogen-bond donors (Lipinski definition) is 0. The molecule has 56 heavy (non-hydrogen) atoms. The molecule has 2 aliphatic carbocycles. The summed E-state index contributed by atoms with van der Waals surface area (Å²) in [6, 6.07) is 20.7. The Morgan fingerprint density at radius 1 is 0.554 bits per heavy atom. The van der Waals surface area contributed by atoms with E-state index >= 15 is 0 Å². The van der Waals surface area contributed by atoms with Gasteiger partial charge in [0.1, 0.15) is 69.6 Å². The van der Waals surface area contributed by atoms with E-state index < -0.39 is 11.2 Å². The fourth-order valence-corrected chi connectivity index (χ4v) is 13.6. The van der Waals surface area contributed by atoms with E-state index in [2.05, 4.69) is 24.3 Å². The van der Waals surface area contributed by atoms with Crippen LogP contribution in [0, 0.1) is 45.3 Å². The first-order valence-electron chi connectivity index (χ1n) is 18.6. The van der Waals surface area contributed by atoms with E-state index in [0.29, 0.717) is 11.5 Å². The Morgan fingerprint density at radius 3 is 1.30 bits per heavy atom. The second kappa shape index (κ2) is 14.3. The lowest BCUT2D eigenvalue weighted by atomic mass is 9.76. The molecular weight excluding hydrogens is 777 g/mol. The van der Waals surface area contributed by atoms with Crippen molar-refractivity contribution in [2.24, 2.45) is 0 Å². The molecule has 12 heteroatoms. The predicted molar refractivity (Wildman–Crippen MR) is 222 cm³/mol. The quantitative estimate of drug-likeness (QED) is 0.155. The lowest BCUT2D eigenvalue weighted by Gasteiger charge is -2.44. The number of benzene rings is 1. The Bertz CT molecular complexity index is 2440. The smallest absolute Gasteiger partial charge is 0.138 e. The van der Waals surface area contributed by atoms with E-state index in [9.17, 15) is 21.0 Å². The normalized spacial score (nSPS) is 16.5. The average molecular weight is 811 g/mol. The fourth-order valence-electron chi connectivity index (χ4n) is 8.72. The molecule has 1 aromatic carbocycles. The molecule has 0 amide bonds. The Morgan fingerprint density at radius 2 is 0.946 bits per heavy atom. The Kier molecular flexibility index (Phi) is 9.28. The summed E-state index contributed by atoms with van der Waals surface area (Å²) >= 11 is 6.52. The Labute approximate surface area is 341 Å². The highest BCUT2D eigenvalue weighted by Gasteiger charge is 2.47. The largest absolute Gasteiger partial charge is 0.495 e. The molecule has 0 unspecified atom stereocenters. The summed E-state index contributed by atoms with van der Waals surface area (Å²) in [6.07, 6.45) is 13.6. The minimum Gasteiger partial charge on any atom is -0.495 e. The molecule has 0 bridgehead atoms. The van der Waals surface area contributed by atoms with E-state index in [4.69, 9.17) is 18.9 Å². The van der Waals surface area contributed by atoms with Crippen LogP contribution >= 0.6 is 45.3 Å². The third kappa shape index (κ3) is 5.92. The highest BCUT2D eigenvalue weighted by molar-refractivity contribution is 7.25. The standard InChI is InChI=1S/C44H34N4O4S4/c1-49-35-15-27(13-25(21-45)22-46)53-41(35)37-19-31-39(55-37)29-17-34-30(18-33(29)51-43(31)9-5-3-6-10-43)40-32(44(52-34)11-7-4-8-12-44)20-38(56-40)42-36(50-2)16-28(54-42)14-26(23-47)24-48/h13-20H,3-12H2,1-2H3. The van der Waals surface area contributed by atoms with Gasteiger partial charge in [0.05, 0.1) is 24.0 Å².